The Morgan fingerprint density at radius 1 is 1.38 bits per heavy atom. The minimum absolute atomic E-state index is 0.692. The second-order valence-corrected chi connectivity index (χ2v) is 3.42. The minimum atomic E-state index is 0.692. The van der Waals surface area contributed by atoms with Crippen LogP contribution in [0.2, 0.25) is 0 Å². The molecule has 0 aliphatic heterocycles. The molecule has 82 valence electrons. The molecule has 0 unspecified atom stereocenters. The highest BCUT2D eigenvalue weighted by molar-refractivity contribution is 6.00. The van der Waals surface area contributed by atoms with Gasteiger partial charge in [0.15, 0.2) is 0 Å². The molecular formula is C12H13N3O. The van der Waals surface area contributed by atoms with Gasteiger partial charge in [-0.1, -0.05) is 24.2 Å². The summed E-state index contributed by atoms with van der Waals surface area (Å²) in [4.78, 5) is 3.99. The summed E-state index contributed by atoms with van der Waals surface area (Å²) in [5.74, 6) is 0. The predicted octanol–water partition coefficient (Wildman–Crippen LogP) is 2.46. The molecule has 0 aliphatic carbocycles. The Morgan fingerprint density at radius 2 is 2.12 bits per heavy atom. The lowest BCUT2D eigenvalue weighted by Crippen LogP contribution is -1.99. The smallest absolute Gasteiger partial charge is 0.0991 e. The van der Waals surface area contributed by atoms with E-state index in [2.05, 4.69) is 10.1 Å². The van der Waals surface area contributed by atoms with Crippen molar-refractivity contribution in [1.29, 1.82) is 0 Å². The summed E-state index contributed by atoms with van der Waals surface area (Å²) in [7, 11) is 0. The largest absolute Gasteiger partial charge is 0.411 e. The van der Waals surface area contributed by atoms with Gasteiger partial charge in [-0.15, -0.1) is 0 Å². The van der Waals surface area contributed by atoms with Gasteiger partial charge < -0.3 is 9.77 Å². The van der Waals surface area contributed by atoms with E-state index in [0.29, 0.717) is 12.1 Å². The molecule has 2 rings (SSSR count). The molecule has 0 fully saturated rings. The van der Waals surface area contributed by atoms with E-state index < -0.39 is 0 Å². The highest BCUT2D eigenvalue weighted by atomic mass is 16.4. The molecule has 0 saturated heterocycles. The third-order valence-electron chi connectivity index (χ3n) is 2.46. The maximum Gasteiger partial charge on any atom is 0.0991 e. The molecule has 0 spiro atoms. The van der Waals surface area contributed by atoms with Crippen LogP contribution in [0.15, 0.2) is 48.1 Å². The van der Waals surface area contributed by atoms with Crippen LogP contribution in [-0.4, -0.2) is 20.5 Å². The average molecular weight is 215 g/mol. The molecule has 1 heterocycles. The van der Waals surface area contributed by atoms with Crippen molar-refractivity contribution in [3.63, 3.8) is 0 Å². The molecule has 4 nitrogen and oxygen atoms in total. The predicted molar refractivity (Wildman–Crippen MR) is 62.2 cm³/mol. The first kappa shape index (κ1) is 10.4. The van der Waals surface area contributed by atoms with Gasteiger partial charge in [0.1, 0.15) is 0 Å². The van der Waals surface area contributed by atoms with E-state index in [4.69, 9.17) is 5.21 Å². The Labute approximate surface area is 93.9 Å². The van der Waals surface area contributed by atoms with E-state index in [1.54, 1.807) is 12.5 Å². The summed E-state index contributed by atoms with van der Waals surface area (Å²) >= 11 is 0. The summed E-state index contributed by atoms with van der Waals surface area (Å²) in [5.41, 5.74) is 2.67. The molecule has 0 atom stereocenters. The van der Waals surface area contributed by atoms with Crippen LogP contribution in [0.5, 0.6) is 0 Å². The molecule has 0 radical (unpaired) electrons. The van der Waals surface area contributed by atoms with Crippen LogP contribution >= 0.6 is 0 Å². The van der Waals surface area contributed by atoms with E-state index in [9.17, 15) is 0 Å². The van der Waals surface area contributed by atoms with Crippen molar-refractivity contribution in [3.8, 4) is 5.69 Å². The topological polar surface area (TPSA) is 50.4 Å². The molecular weight excluding hydrogens is 202 g/mol. The highest BCUT2D eigenvalue weighted by Gasteiger charge is 2.02. The zero-order chi connectivity index (χ0) is 11.4. The van der Waals surface area contributed by atoms with Crippen molar-refractivity contribution in [2.75, 3.05) is 0 Å². The van der Waals surface area contributed by atoms with Gasteiger partial charge in [-0.3, -0.25) is 0 Å². The molecule has 0 amide bonds. The summed E-state index contributed by atoms with van der Waals surface area (Å²) in [6.07, 6.45) is 6.08. The maximum atomic E-state index is 8.81. The van der Waals surface area contributed by atoms with Crippen molar-refractivity contribution >= 4 is 5.71 Å². The Bertz CT molecular complexity index is 471. The Kier molecular flexibility index (Phi) is 3.00. The van der Waals surface area contributed by atoms with E-state index in [0.717, 1.165) is 11.3 Å². The van der Waals surface area contributed by atoms with Gasteiger partial charge in [-0.25, -0.2) is 4.98 Å². The summed E-state index contributed by atoms with van der Waals surface area (Å²) in [5, 5.41) is 12.1. The van der Waals surface area contributed by atoms with Gasteiger partial charge in [0, 0.05) is 18.1 Å². The van der Waals surface area contributed by atoms with Gasteiger partial charge >= 0.3 is 0 Å². The lowest BCUT2D eigenvalue weighted by atomic mass is 10.1. The van der Waals surface area contributed by atoms with Gasteiger partial charge in [0.2, 0.25) is 0 Å². The second-order valence-electron chi connectivity index (χ2n) is 3.42. The van der Waals surface area contributed by atoms with Crippen LogP contribution in [0.25, 0.3) is 5.69 Å². The SMILES string of the molecule is CC/C(=N\O)c1ccc(-n2ccnc2)cc1. The van der Waals surface area contributed by atoms with Crippen molar-refractivity contribution in [2.45, 2.75) is 13.3 Å². The van der Waals surface area contributed by atoms with Crippen molar-refractivity contribution in [2.24, 2.45) is 5.16 Å². The third-order valence-corrected chi connectivity index (χ3v) is 2.46. The maximum absolute atomic E-state index is 8.81. The van der Waals surface area contributed by atoms with Crippen molar-refractivity contribution in [3.05, 3.63) is 48.5 Å². The van der Waals surface area contributed by atoms with E-state index in [1.165, 1.54) is 0 Å². The summed E-state index contributed by atoms with van der Waals surface area (Å²) < 4.78 is 1.92. The van der Waals surface area contributed by atoms with Crippen LogP contribution in [0.3, 0.4) is 0 Å². The second kappa shape index (κ2) is 4.61. The quantitative estimate of drug-likeness (QED) is 0.485. The van der Waals surface area contributed by atoms with Gasteiger partial charge in [0.05, 0.1) is 12.0 Å². The Hall–Kier alpha value is -2.10. The first-order chi connectivity index (χ1) is 7.85. The van der Waals surface area contributed by atoms with Crippen molar-refractivity contribution < 1.29 is 5.21 Å². The molecule has 1 aromatic carbocycles. The Morgan fingerprint density at radius 3 is 2.62 bits per heavy atom. The number of rotatable bonds is 3. The average Bonchev–Trinajstić information content (AvgIpc) is 2.85. The molecule has 1 aromatic heterocycles. The normalized spacial score (nSPS) is 11.7. The monoisotopic (exact) mass is 215 g/mol. The Balaban J connectivity index is 2.30. The van der Waals surface area contributed by atoms with Crippen LogP contribution in [0.4, 0.5) is 0 Å². The van der Waals surface area contributed by atoms with Crippen LogP contribution in [0.1, 0.15) is 18.9 Å². The van der Waals surface area contributed by atoms with E-state index in [-0.39, 0.29) is 0 Å². The van der Waals surface area contributed by atoms with E-state index >= 15 is 0 Å². The number of aromatic nitrogens is 2. The number of nitrogens with zero attached hydrogens (tertiary/aromatic N) is 3. The van der Waals surface area contributed by atoms with Crippen LogP contribution < -0.4 is 0 Å². The fraction of sp³-hybridized carbons (Fsp3) is 0.167. The third kappa shape index (κ3) is 1.95. The standard InChI is InChI=1S/C12H13N3O/c1-2-12(14-16)10-3-5-11(6-4-10)15-8-7-13-9-15/h3-9,16H,2H2,1H3/b14-12+. The number of hydrogen-bond donors (Lipinski definition) is 1. The van der Waals surface area contributed by atoms with Gasteiger partial charge in [0.25, 0.3) is 0 Å². The molecule has 1 N–H and O–H groups in total. The number of oxime groups is 1. The molecule has 4 heteroatoms. The van der Waals surface area contributed by atoms with Crippen LogP contribution in [-0.2, 0) is 0 Å². The number of hydrogen-bond acceptors (Lipinski definition) is 3. The molecule has 16 heavy (non-hydrogen) atoms. The summed E-state index contributed by atoms with van der Waals surface area (Å²) in [6.45, 7) is 1.96. The zero-order valence-corrected chi connectivity index (χ0v) is 9.04. The van der Waals surface area contributed by atoms with Gasteiger partial charge in [-0.2, -0.15) is 0 Å². The fourth-order valence-corrected chi connectivity index (χ4v) is 1.57. The van der Waals surface area contributed by atoms with Crippen LogP contribution in [0, 0.1) is 0 Å². The molecule has 2 aromatic rings. The first-order valence-electron chi connectivity index (χ1n) is 5.15. The number of imidazole rings is 1. The minimum Gasteiger partial charge on any atom is -0.411 e. The lowest BCUT2D eigenvalue weighted by Gasteiger charge is -2.04. The molecule has 0 saturated carbocycles. The zero-order valence-electron chi connectivity index (χ0n) is 9.04. The number of benzene rings is 1. The first-order valence-corrected chi connectivity index (χ1v) is 5.15. The van der Waals surface area contributed by atoms with Gasteiger partial charge in [-0.05, 0) is 24.1 Å². The summed E-state index contributed by atoms with van der Waals surface area (Å²) in [6, 6.07) is 7.82. The molecule has 0 aliphatic rings. The molecule has 0 bridgehead atoms. The van der Waals surface area contributed by atoms with E-state index in [1.807, 2.05) is 42.0 Å². The fourth-order valence-electron chi connectivity index (χ4n) is 1.57. The van der Waals surface area contributed by atoms with Crippen molar-refractivity contribution in [1.82, 2.24) is 9.55 Å². The lowest BCUT2D eigenvalue weighted by molar-refractivity contribution is 0.318. The highest BCUT2D eigenvalue weighted by Crippen LogP contribution is 2.11.